The summed E-state index contributed by atoms with van der Waals surface area (Å²) in [6.45, 7) is 6.83. The average Bonchev–Trinajstić information content (AvgIpc) is 2.27. The molecule has 0 saturated carbocycles. The van der Waals surface area contributed by atoms with Gasteiger partial charge in [0, 0.05) is 18.2 Å². The molecule has 4 heteroatoms. The van der Waals surface area contributed by atoms with Crippen molar-refractivity contribution >= 4 is 5.91 Å². The van der Waals surface area contributed by atoms with Crippen molar-refractivity contribution in [3.05, 3.63) is 29.8 Å². The molecule has 1 unspecified atom stereocenters. The smallest absolute Gasteiger partial charge is 0.224 e. The lowest BCUT2D eigenvalue weighted by Gasteiger charge is -2.23. The molecular formula is C15H24N2O2. The number of benzene rings is 1. The first-order valence-electron chi connectivity index (χ1n) is 6.57. The minimum Gasteiger partial charge on any atom is -0.508 e. The van der Waals surface area contributed by atoms with Crippen LogP contribution >= 0.6 is 0 Å². The number of hydrogen-bond donors (Lipinski definition) is 3. The van der Waals surface area contributed by atoms with Crippen LogP contribution in [0.15, 0.2) is 24.3 Å². The van der Waals surface area contributed by atoms with E-state index in [1.807, 2.05) is 0 Å². The van der Waals surface area contributed by atoms with Crippen molar-refractivity contribution < 1.29 is 9.90 Å². The maximum absolute atomic E-state index is 11.8. The second kappa shape index (κ2) is 6.57. The monoisotopic (exact) mass is 264 g/mol. The lowest BCUT2D eigenvalue weighted by atomic mass is 9.88. The van der Waals surface area contributed by atoms with Crippen LogP contribution in [0.25, 0.3) is 0 Å². The van der Waals surface area contributed by atoms with Gasteiger partial charge in [0.2, 0.25) is 5.91 Å². The molecule has 1 aromatic rings. The van der Waals surface area contributed by atoms with Gasteiger partial charge in [0.05, 0.1) is 6.42 Å². The van der Waals surface area contributed by atoms with Crippen LogP contribution in [0.4, 0.5) is 0 Å². The number of carbonyl (C=O) groups is 1. The van der Waals surface area contributed by atoms with Gasteiger partial charge in [-0.3, -0.25) is 4.79 Å². The zero-order chi connectivity index (χ0) is 14.5. The quantitative estimate of drug-likeness (QED) is 0.759. The van der Waals surface area contributed by atoms with E-state index in [9.17, 15) is 9.90 Å². The van der Waals surface area contributed by atoms with Crippen LogP contribution in [0, 0.1) is 5.41 Å². The fourth-order valence-electron chi connectivity index (χ4n) is 2.00. The van der Waals surface area contributed by atoms with E-state index >= 15 is 0 Å². The van der Waals surface area contributed by atoms with Crippen LogP contribution in [0.5, 0.6) is 5.75 Å². The van der Waals surface area contributed by atoms with Crippen LogP contribution in [0.1, 0.15) is 32.8 Å². The van der Waals surface area contributed by atoms with Crippen molar-refractivity contribution in [1.82, 2.24) is 5.32 Å². The number of rotatable bonds is 5. The molecule has 1 aromatic carbocycles. The molecule has 1 atom stereocenters. The molecule has 4 nitrogen and oxygen atoms in total. The summed E-state index contributed by atoms with van der Waals surface area (Å²) in [4.78, 5) is 11.8. The number of hydrogen-bond acceptors (Lipinski definition) is 3. The largest absolute Gasteiger partial charge is 0.508 e. The van der Waals surface area contributed by atoms with E-state index in [0.717, 1.165) is 6.42 Å². The highest BCUT2D eigenvalue weighted by Crippen LogP contribution is 2.19. The van der Waals surface area contributed by atoms with Crippen LogP contribution in [0.2, 0.25) is 0 Å². The number of nitrogens with one attached hydrogen (secondary N) is 1. The van der Waals surface area contributed by atoms with E-state index in [1.165, 1.54) is 0 Å². The van der Waals surface area contributed by atoms with Gasteiger partial charge in [0.15, 0.2) is 0 Å². The standard InChI is InChI=1S/C15H24N2O2/c1-15(2,3)9-12(16)10-17-14(19)8-11-6-4-5-7-13(11)18/h4-7,12,18H,8-10,16H2,1-3H3,(H,17,19). The molecule has 0 aliphatic heterocycles. The minimum atomic E-state index is -0.120. The number of carbonyl (C=O) groups excluding carboxylic acids is 1. The first-order chi connectivity index (χ1) is 8.78. The summed E-state index contributed by atoms with van der Waals surface area (Å²) < 4.78 is 0. The van der Waals surface area contributed by atoms with Crippen molar-refractivity contribution in [2.45, 2.75) is 39.7 Å². The number of nitrogens with two attached hydrogens (primary N) is 1. The Morgan fingerprint density at radius 3 is 2.58 bits per heavy atom. The number of phenols is 1. The lowest BCUT2D eigenvalue weighted by Crippen LogP contribution is -2.39. The number of amides is 1. The molecule has 0 saturated heterocycles. The third-order valence-corrected chi connectivity index (χ3v) is 2.78. The third kappa shape index (κ3) is 6.25. The highest BCUT2D eigenvalue weighted by molar-refractivity contribution is 5.79. The van der Waals surface area contributed by atoms with Crippen molar-refractivity contribution in [3.63, 3.8) is 0 Å². The van der Waals surface area contributed by atoms with Crippen molar-refractivity contribution in [2.75, 3.05) is 6.54 Å². The molecule has 0 fully saturated rings. The molecule has 0 radical (unpaired) electrons. The van der Waals surface area contributed by atoms with E-state index in [4.69, 9.17) is 5.73 Å². The zero-order valence-electron chi connectivity index (χ0n) is 11.9. The second-order valence-corrected chi connectivity index (χ2v) is 6.13. The van der Waals surface area contributed by atoms with Gasteiger partial charge in [-0.15, -0.1) is 0 Å². The molecule has 0 aliphatic carbocycles. The maximum atomic E-state index is 11.8. The Hall–Kier alpha value is -1.55. The summed E-state index contributed by atoms with van der Waals surface area (Å²) in [5.74, 6) is 0.0301. The summed E-state index contributed by atoms with van der Waals surface area (Å²) in [6, 6.07) is 6.80. The van der Waals surface area contributed by atoms with Crippen LogP contribution < -0.4 is 11.1 Å². The van der Waals surface area contributed by atoms with Gasteiger partial charge in [0.25, 0.3) is 0 Å². The molecule has 19 heavy (non-hydrogen) atoms. The highest BCUT2D eigenvalue weighted by atomic mass is 16.3. The molecule has 0 spiro atoms. The lowest BCUT2D eigenvalue weighted by molar-refractivity contribution is -0.120. The molecule has 4 N–H and O–H groups in total. The molecule has 0 heterocycles. The van der Waals surface area contributed by atoms with Crippen LogP contribution in [-0.4, -0.2) is 23.6 Å². The number of aromatic hydroxyl groups is 1. The van der Waals surface area contributed by atoms with Gasteiger partial charge in [-0.05, 0) is 17.9 Å². The predicted octanol–water partition coefficient (Wildman–Crippen LogP) is 1.81. The fraction of sp³-hybridized carbons (Fsp3) is 0.533. The van der Waals surface area contributed by atoms with E-state index in [0.29, 0.717) is 12.1 Å². The molecule has 106 valence electrons. The number of phenolic OH excluding ortho intramolecular Hbond substituents is 1. The van der Waals surface area contributed by atoms with Gasteiger partial charge < -0.3 is 16.2 Å². The SMILES string of the molecule is CC(C)(C)CC(N)CNC(=O)Cc1ccccc1O. The molecule has 1 rings (SSSR count). The Labute approximate surface area is 115 Å². The van der Waals surface area contributed by atoms with E-state index in [2.05, 4.69) is 26.1 Å². The summed E-state index contributed by atoms with van der Waals surface area (Å²) in [5.41, 5.74) is 6.75. The van der Waals surface area contributed by atoms with Crippen molar-refractivity contribution in [3.8, 4) is 5.75 Å². The van der Waals surface area contributed by atoms with Crippen LogP contribution in [-0.2, 0) is 11.2 Å². The zero-order valence-corrected chi connectivity index (χ0v) is 11.9. The summed E-state index contributed by atoms with van der Waals surface area (Å²) in [5, 5.41) is 12.4. The first-order valence-corrected chi connectivity index (χ1v) is 6.57. The summed E-state index contributed by atoms with van der Waals surface area (Å²) in [6.07, 6.45) is 1.03. The fourth-order valence-corrected chi connectivity index (χ4v) is 2.00. The van der Waals surface area contributed by atoms with Gasteiger partial charge in [-0.2, -0.15) is 0 Å². The van der Waals surface area contributed by atoms with Gasteiger partial charge >= 0.3 is 0 Å². The van der Waals surface area contributed by atoms with Crippen LogP contribution in [0.3, 0.4) is 0 Å². The molecule has 0 bridgehead atoms. The molecule has 0 aliphatic rings. The van der Waals surface area contributed by atoms with Crippen molar-refractivity contribution in [1.29, 1.82) is 0 Å². The van der Waals surface area contributed by atoms with Gasteiger partial charge in [-0.1, -0.05) is 39.0 Å². The normalized spacial score (nSPS) is 13.1. The first kappa shape index (κ1) is 15.5. The predicted molar refractivity (Wildman–Crippen MR) is 76.9 cm³/mol. The molecule has 0 aromatic heterocycles. The third-order valence-electron chi connectivity index (χ3n) is 2.78. The Balaban J connectivity index is 2.38. The maximum Gasteiger partial charge on any atom is 0.224 e. The van der Waals surface area contributed by atoms with Crippen molar-refractivity contribution in [2.24, 2.45) is 11.1 Å². The average molecular weight is 264 g/mol. The Bertz CT molecular complexity index is 424. The second-order valence-electron chi connectivity index (χ2n) is 6.13. The van der Waals surface area contributed by atoms with E-state index < -0.39 is 0 Å². The van der Waals surface area contributed by atoms with E-state index in [-0.39, 0.29) is 29.5 Å². The Kier molecular flexibility index (Phi) is 5.36. The van der Waals surface area contributed by atoms with Gasteiger partial charge in [0.1, 0.15) is 5.75 Å². The summed E-state index contributed by atoms with van der Waals surface area (Å²) in [7, 11) is 0. The minimum absolute atomic E-state index is 0.0479. The Morgan fingerprint density at radius 1 is 1.37 bits per heavy atom. The van der Waals surface area contributed by atoms with E-state index in [1.54, 1.807) is 24.3 Å². The molecule has 1 amide bonds. The topological polar surface area (TPSA) is 75.3 Å². The Morgan fingerprint density at radius 2 is 2.00 bits per heavy atom. The number of para-hydroxylation sites is 1. The highest BCUT2D eigenvalue weighted by Gasteiger charge is 2.16. The summed E-state index contributed by atoms with van der Waals surface area (Å²) >= 11 is 0. The molecular weight excluding hydrogens is 240 g/mol. The van der Waals surface area contributed by atoms with Gasteiger partial charge in [-0.25, -0.2) is 0 Å².